The summed E-state index contributed by atoms with van der Waals surface area (Å²) >= 11 is 0. The molecule has 0 bridgehead atoms. The maximum absolute atomic E-state index is 13.4. The van der Waals surface area contributed by atoms with Crippen molar-refractivity contribution in [2.75, 3.05) is 39.8 Å². The number of nitrogens with zero attached hydrogens (tertiary/aromatic N) is 2. The van der Waals surface area contributed by atoms with E-state index >= 15 is 0 Å². The Labute approximate surface area is 182 Å². The third kappa shape index (κ3) is 5.07. The largest absolute Gasteiger partial charge is 0.466 e. The van der Waals surface area contributed by atoms with Crippen LogP contribution in [0.1, 0.15) is 43.7 Å². The van der Waals surface area contributed by atoms with Crippen molar-refractivity contribution in [1.82, 2.24) is 20.4 Å². The zero-order valence-electron chi connectivity index (χ0n) is 18.0. The van der Waals surface area contributed by atoms with Crippen molar-refractivity contribution in [2.45, 2.75) is 44.2 Å². The molecule has 3 aliphatic rings. The van der Waals surface area contributed by atoms with Crippen LogP contribution in [0.15, 0.2) is 35.5 Å². The number of nitrogens with one attached hydrogen (secondary N) is 2. The van der Waals surface area contributed by atoms with Crippen molar-refractivity contribution in [1.29, 1.82) is 0 Å². The van der Waals surface area contributed by atoms with Gasteiger partial charge in [0.05, 0.1) is 18.7 Å². The van der Waals surface area contributed by atoms with E-state index in [1.807, 2.05) is 0 Å². The summed E-state index contributed by atoms with van der Waals surface area (Å²) in [6.45, 7) is 4.71. The van der Waals surface area contributed by atoms with Crippen molar-refractivity contribution in [3.8, 4) is 0 Å². The molecule has 7 nitrogen and oxygen atoms in total. The Balaban J connectivity index is 1.50. The zero-order valence-corrected chi connectivity index (χ0v) is 18.0. The number of hydrogen-bond donors (Lipinski definition) is 2. The topological polar surface area (TPSA) is 73.9 Å². The first kappa shape index (κ1) is 21.8. The number of urea groups is 1. The second-order valence-corrected chi connectivity index (χ2v) is 8.57. The number of esters is 1. The van der Waals surface area contributed by atoms with E-state index < -0.39 is 12.0 Å². The molecule has 3 aliphatic heterocycles. The van der Waals surface area contributed by atoms with Crippen LogP contribution in [0.2, 0.25) is 0 Å². The van der Waals surface area contributed by atoms with Gasteiger partial charge in [0.15, 0.2) is 0 Å². The predicted molar refractivity (Wildman–Crippen MR) is 115 cm³/mol. The van der Waals surface area contributed by atoms with Crippen LogP contribution in [0.5, 0.6) is 0 Å². The van der Waals surface area contributed by atoms with E-state index in [1.165, 1.54) is 51.6 Å². The molecule has 2 N–H and O–H groups in total. The maximum Gasteiger partial charge on any atom is 0.338 e. The van der Waals surface area contributed by atoms with Gasteiger partial charge in [-0.1, -0.05) is 18.6 Å². The number of carbonyl (C=O) groups excluding carboxylic acids is 2. The van der Waals surface area contributed by atoms with Crippen molar-refractivity contribution in [3.05, 3.63) is 46.9 Å². The molecule has 4 rings (SSSR count). The number of benzene rings is 1. The number of rotatable bonds is 5. The molecule has 3 heterocycles. The fraction of sp³-hybridized carbons (Fsp3) is 0.565. The van der Waals surface area contributed by atoms with Gasteiger partial charge >= 0.3 is 12.0 Å². The van der Waals surface area contributed by atoms with Crippen LogP contribution in [0.3, 0.4) is 0 Å². The highest BCUT2D eigenvalue weighted by Gasteiger charge is 2.35. The molecule has 0 aliphatic carbocycles. The number of piperidine rings is 2. The third-order valence-corrected chi connectivity index (χ3v) is 6.61. The Morgan fingerprint density at radius 2 is 1.77 bits per heavy atom. The van der Waals surface area contributed by atoms with Crippen LogP contribution in [0.25, 0.3) is 0 Å². The molecule has 31 heavy (non-hydrogen) atoms. The highest BCUT2D eigenvalue weighted by molar-refractivity contribution is 5.95. The van der Waals surface area contributed by atoms with Crippen LogP contribution in [0.4, 0.5) is 9.18 Å². The van der Waals surface area contributed by atoms with Crippen molar-refractivity contribution >= 4 is 12.0 Å². The molecule has 2 amide bonds. The lowest BCUT2D eigenvalue weighted by Crippen LogP contribution is -2.51. The lowest BCUT2D eigenvalue weighted by molar-refractivity contribution is -0.136. The predicted octanol–water partition coefficient (Wildman–Crippen LogP) is 2.56. The smallest absolute Gasteiger partial charge is 0.338 e. The van der Waals surface area contributed by atoms with Crippen LogP contribution < -0.4 is 10.6 Å². The van der Waals surface area contributed by atoms with E-state index in [2.05, 4.69) is 20.4 Å². The average molecular weight is 431 g/mol. The van der Waals surface area contributed by atoms with Gasteiger partial charge in [0.2, 0.25) is 0 Å². The second kappa shape index (κ2) is 9.78. The van der Waals surface area contributed by atoms with Gasteiger partial charge in [-0.3, -0.25) is 4.90 Å². The van der Waals surface area contributed by atoms with Crippen molar-refractivity contribution in [3.63, 3.8) is 0 Å². The molecule has 0 spiro atoms. The monoisotopic (exact) mass is 430 g/mol. The summed E-state index contributed by atoms with van der Waals surface area (Å²) in [5.41, 5.74) is 1.56. The van der Waals surface area contributed by atoms with Crippen molar-refractivity contribution < 1.29 is 18.7 Å². The highest BCUT2D eigenvalue weighted by Crippen LogP contribution is 2.29. The fourth-order valence-electron chi connectivity index (χ4n) is 4.95. The van der Waals surface area contributed by atoms with Gasteiger partial charge in [0.1, 0.15) is 5.82 Å². The average Bonchev–Trinajstić information content (AvgIpc) is 2.80. The molecule has 1 aromatic rings. The summed E-state index contributed by atoms with van der Waals surface area (Å²) in [7, 11) is 1.33. The molecule has 2 fully saturated rings. The summed E-state index contributed by atoms with van der Waals surface area (Å²) in [4.78, 5) is 29.9. The molecule has 168 valence electrons. The van der Waals surface area contributed by atoms with Gasteiger partial charge in [-0.25, -0.2) is 14.0 Å². The number of methoxy groups -OCH3 is 1. The molecule has 1 aromatic carbocycles. The van der Waals surface area contributed by atoms with Crippen molar-refractivity contribution in [2.24, 2.45) is 0 Å². The Morgan fingerprint density at radius 3 is 2.42 bits per heavy atom. The number of ether oxygens (including phenoxy) is 1. The summed E-state index contributed by atoms with van der Waals surface area (Å²) in [6, 6.07) is 5.38. The van der Waals surface area contributed by atoms with Gasteiger partial charge in [0.25, 0.3) is 0 Å². The molecular weight excluding hydrogens is 399 g/mol. The van der Waals surface area contributed by atoms with E-state index in [0.717, 1.165) is 25.9 Å². The summed E-state index contributed by atoms with van der Waals surface area (Å²) in [5, 5.41) is 5.60. The number of amides is 2. The zero-order chi connectivity index (χ0) is 21.8. The lowest BCUT2D eigenvalue weighted by atomic mass is 9.94. The molecule has 0 radical (unpaired) electrons. The first-order chi connectivity index (χ1) is 15.0. The SMILES string of the molecule is COC(=O)C1=C(CN2CCC(N3CCCCC3)CC2)NC(=O)NC1c1ccc(F)cc1. The van der Waals surface area contributed by atoms with E-state index in [-0.39, 0.29) is 11.8 Å². The lowest BCUT2D eigenvalue weighted by Gasteiger charge is -2.41. The Hall–Kier alpha value is -2.45. The van der Waals surface area contributed by atoms with Crippen LogP contribution in [-0.4, -0.2) is 67.7 Å². The van der Waals surface area contributed by atoms with Gasteiger partial charge in [-0.05, 0) is 56.5 Å². The first-order valence-corrected chi connectivity index (χ1v) is 11.2. The standard InChI is InChI=1S/C23H31FN4O3/c1-31-22(29)20-19(25-23(30)26-21(20)16-5-7-17(24)8-6-16)15-27-13-9-18(10-14-27)28-11-3-2-4-12-28/h5-8,18,21H,2-4,9-15H2,1H3,(H2,25,26,30). The van der Waals surface area contributed by atoms with Crippen LogP contribution >= 0.6 is 0 Å². The normalized spacial score (nSPS) is 23.9. The summed E-state index contributed by atoms with van der Waals surface area (Å²) in [6.07, 6.45) is 6.10. The molecule has 0 saturated carbocycles. The van der Waals surface area contributed by atoms with E-state index in [4.69, 9.17) is 4.74 Å². The minimum Gasteiger partial charge on any atom is -0.466 e. The Kier molecular flexibility index (Phi) is 6.87. The number of hydrogen-bond acceptors (Lipinski definition) is 5. The van der Waals surface area contributed by atoms with Gasteiger partial charge in [0, 0.05) is 31.4 Å². The Morgan fingerprint density at radius 1 is 1.10 bits per heavy atom. The minimum absolute atomic E-state index is 0.367. The second-order valence-electron chi connectivity index (χ2n) is 8.57. The fourth-order valence-corrected chi connectivity index (χ4v) is 4.95. The molecule has 1 atom stereocenters. The Bertz CT molecular complexity index is 828. The third-order valence-electron chi connectivity index (χ3n) is 6.61. The maximum atomic E-state index is 13.4. The molecule has 1 unspecified atom stereocenters. The van der Waals surface area contributed by atoms with E-state index in [1.54, 1.807) is 12.1 Å². The van der Waals surface area contributed by atoms with Gasteiger partial charge in [-0.2, -0.15) is 0 Å². The molecule has 0 aromatic heterocycles. The number of halogens is 1. The molecular formula is C23H31FN4O3. The summed E-state index contributed by atoms with van der Waals surface area (Å²) < 4.78 is 18.4. The van der Waals surface area contributed by atoms with E-state index in [9.17, 15) is 14.0 Å². The minimum atomic E-state index is -0.678. The highest BCUT2D eigenvalue weighted by atomic mass is 19.1. The quantitative estimate of drug-likeness (QED) is 0.703. The van der Waals surface area contributed by atoms with E-state index in [0.29, 0.717) is 29.4 Å². The van der Waals surface area contributed by atoms with Gasteiger partial charge in [-0.15, -0.1) is 0 Å². The van der Waals surface area contributed by atoms with Crippen LogP contribution in [0, 0.1) is 5.82 Å². The first-order valence-electron chi connectivity index (χ1n) is 11.2. The molecule has 2 saturated heterocycles. The summed E-state index contributed by atoms with van der Waals surface area (Å²) in [5.74, 6) is -0.871. The molecule has 8 heteroatoms. The number of carbonyl (C=O) groups is 2. The van der Waals surface area contributed by atoms with Gasteiger partial charge < -0.3 is 20.3 Å². The number of likely N-dealkylation sites (tertiary alicyclic amines) is 2. The van der Waals surface area contributed by atoms with Crippen LogP contribution in [-0.2, 0) is 9.53 Å².